The third-order valence-electron chi connectivity index (χ3n) is 4.32. The highest BCUT2D eigenvalue weighted by atomic mass is 16.7. The molecule has 0 aromatic heterocycles. The summed E-state index contributed by atoms with van der Waals surface area (Å²) in [4.78, 5) is 0. The van der Waals surface area contributed by atoms with E-state index in [9.17, 15) is 15.3 Å². The Morgan fingerprint density at radius 3 is 2.29 bits per heavy atom. The largest absolute Gasteiger partial charge is 0.394 e. The maximum atomic E-state index is 9.99. The minimum atomic E-state index is -1.06. The lowest BCUT2D eigenvalue weighted by Crippen LogP contribution is -2.66. The number of aliphatic hydroxyl groups excluding tert-OH is 3. The molecule has 1 aliphatic carbocycles. The van der Waals surface area contributed by atoms with Crippen molar-refractivity contribution in [2.45, 2.75) is 67.7 Å². The van der Waals surface area contributed by atoms with Gasteiger partial charge in [-0.2, -0.15) is 0 Å². The maximum Gasteiger partial charge on any atom is 0.176 e. The monoisotopic (exact) mass is 306 g/mol. The van der Waals surface area contributed by atoms with Crippen LogP contribution in [0.1, 0.15) is 12.8 Å². The smallest absolute Gasteiger partial charge is 0.176 e. The van der Waals surface area contributed by atoms with Crippen LogP contribution in [0.5, 0.6) is 0 Å². The molecule has 1 saturated carbocycles. The molecule has 0 amide bonds. The van der Waals surface area contributed by atoms with Crippen LogP contribution in [0, 0.1) is 0 Å². The number of aliphatic hydroxyl groups is 3. The van der Waals surface area contributed by atoms with Crippen molar-refractivity contribution >= 4 is 0 Å². The molecule has 0 bridgehead atoms. The first kappa shape index (κ1) is 17.0. The Labute approximate surface area is 123 Å². The van der Waals surface area contributed by atoms with Gasteiger partial charge in [-0.3, -0.25) is 0 Å². The Morgan fingerprint density at radius 2 is 1.67 bits per heavy atom. The molecule has 1 saturated heterocycles. The summed E-state index contributed by atoms with van der Waals surface area (Å²) >= 11 is 0. The number of hydrogen-bond donors (Lipinski definition) is 7. The summed E-state index contributed by atoms with van der Waals surface area (Å²) in [6, 6.07) is -2.39. The fourth-order valence-electron chi connectivity index (χ4n) is 2.82. The Hall–Kier alpha value is -0.360. The van der Waals surface area contributed by atoms with E-state index in [2.05, 4.69) is 0 Å². The van der Waals surface area contributed by atoms with Gasteiger partial charge in [0.25, 0.3) is 0 Å². The SMILES string of the molecule is N[C@H]1[C@@H](O[C@H]2C[C@@H](O)[C@H](N)C[C@@H]2N)O[C@H](CO)[C@@H](N)[C@@H]1O. The molecule has 1 aliphatic heterocycles. The Balaban J connectivity index is 2.01. The third kappa shape index (κ3) is 3.52. The first-order chi connectivity index (χ1) is 9.85. The molecule has 2 fully saturated rings. The molecule has 0 radical (unpaired) electrons. The topological polar surface area (TPSA) is 183 Å². The zero-order chi connectivity index (χ0) is 15.7. The van der Waals surface area contributed by atoms with Gasteiger partial charge < -0.3 is 47.7 Å². The van der Waals surface area contributed by atoms with Gasteiger partial charge in [0.1, 0.15) is 6.10 Å². The molecule has 9 heteroatoms. The molecule has 0 unspecified atom stereocenters. The van der Waals surface area contributed by atoms with Crippen LogP contribution in [0.25, 0.3) is 0 Å². The fourth-order valence-corrected chi connectivity index (χ4v) is 2.82. The van der Waals surface area contributed by atoms with Crippen LogP contribution < -0.4 is 22.9 Å². The fraction of sp³-hybridized carbons (Fsp3) is 1.00. The van der Waals surface area contributed by atoms with Crippen molar-refractivity contribution in [1.82, 2.24) is 0 Å². The van der Waals surface area contributed by atoms with Gasteiger partial charge in [0.2, 0.25) is 0 Å². The average molecular weight is 306 g/mol. The standard InChI is InChI=1S/C12H26N4O5/c13-4-1-5(14)7(2-6(4)18)20-12-10(16)11(19)9(15)8(3-17)21-12/h4-12,17-19H,1-3,13-16H2/t4-,5+,6-,7+,8-,9-,10-,11+,12+/m1/s1. The number of ether oxygens (including phenoxy) is 2. The van der Waals surface area contributed by atoms with E-state index in [1.54, 1.807) is 0 Å². The Morgan fingerprint density at radius 1 is 1.00 bits per heavy atom. The normalized spacial score (nSPS) is 51.9. The van der Waals surface area contributed by atoms with Crippen molar-refractivity contribution in [2.75, 3.05) is 6.61 Å². The average Bonchev–Trinajstić information content (AvgIpc) is 2.45. The quantitative estimate of drug-likeness (QED) is 0.272. The van der Waals surface area contributed by atoms with Crippen molar-refractivity contribution in [3.8, 4) is 0 Å². The van der Waals surface area contributed by atoms with E-state index >= 15 is 0 Å². The molecule has 124 valence electrons. The third-order valence-corrected chi connectivity index (χ3v) is 4.32. The Kier molecular flexibility index (Phi) is 5.52. The van der Waals surface area contributed by atoms with Crippen LogP contribution in [0.4, 0.5) is 0 Å². The van der Waals surface area contributed by atoms with E-state index in [0.717, 1.165) is 0 Å². The molecule has 0 spiro atoms. The van der Waals surface area contributed by atoms with E-state index < -0.39 is 42.8 Å². The predicted molar refractivity (Wildman–Crippen MR) is 73.8 cm³/mol. The second-order valence-electron chi connectivity index (χ2n) is 5.91. The van der Waals surface area contributed by atoms with E-state index in [1.165, 1.54) is 0 Å². The highest BCUT2D eigenvalue weighted by Gasteiger charge is 2.44. The maximum absolute atomic E-state index is 9.99. The predicted octanol–water partition coefficient (Wildman–Crippen LogP) is -4.09. The number of rotatable bonds is 3. The van der Waals surface area contributed by atoms with E-state index in [4.69, 9.17) is 32.4 Å². The number of nitrogens with two attached hydrogens (primary N) is 4. The zero-order valence-corrected chi connectivity index (χ0v) is 11.8. The summed E-state index contributed by atoms with van der Waals surface area (Å²) in [6.45, 7) is -0.352. The van der Waals surface area contributed by atoms with Crippen LogP contribution >= 0.6 is 0 Å². The van der Waals surface area contributed by atoms with Gasteiger partial charge in [-0.25, -0.2) is 0 Å². The van der Waals surface area contributed by atoms with E-state index in [0.29, 0.717) is 6.42 Å². The minimum Gasteiger partial charge on any atom is -0.394 e. The van der Waals surface area contributed by atoms with E-state index in [-0.39, 0.29) is 25.1 Å². The number of hydrogen-bond acceptors (Lipinski definition) is 9. The van der Waals surface area contributed by atoms with Crippen LogP contribution in [0.15, 0.2) is 0 Å². The molecular formula is C12H26N4O5. The molecule has 2 aliphatic rings. The molecule has 2 rings (SSSR count). The van der Waals surface area contributed by atoms with Crippen molar-refractivity contribution < 1.29 is 24.8 Å². The molecule has 21 heavy (non-hydrogen) atoms. The van der Waals surface area contributed by atoms with Crippen LogP contribution in [-0.2, 0) is 9.47 Å². The first-order valence-electron chi connectivity index (χ1n) is 7.15. The first-order valence-corrected chi connectivity index (χ1v) is 7.15. The summed E-state index contributed by atoms with van der Waals surface area (Å²) in [6.07, 6.45) is -3.30. The van der Waals surface area contributed by atoms with Crippen LogP contribution in [-0.4, -0.2) is 76.8 Å². The summed E-state index contributed by atoms with van der Waals surface area (Å²) in [5.74, 6) is 0. The summed E-state index contributed by atoms with van der Waals surface area (Å²) in [5.41, 5.74) is 23.3. The Bertz CT molecular complexity index is 348. The molecule has 11 N–H and O–H groups in total. The van der Waals surface area contributed by atoms with Crippen molar-refractivity contribution in [2.24, 2.45) is 22.9 Å². The van der Waals surface area contributed by atoms with Gasteiger partial charge in [-0.15, -0.1) is 0 Å². The molecule has 0 aromatic carbocycles. The van der Waals surface area contributed by atoms with Gasteiger partial charge >= 0.3 is 0 Å². The second-order valence-corrected chi connectivity index (χ2v) is 5.91. The molecule has 9 nitrogen and oxygen atoms in total. The van der Waals surface area contributed by atoms with Gasteiger partial charge in [0, 0.05) is 18.5 Å². The zero-order valence-electron chi connectivity index (χ0n) is 11.8. The highest BCUT2D eigenvalue weighted by Crippen LogP contribution is 2.26. The summed E-state index contributed by atoms with van der Waals surface area (Å²) in [5, 5.41) is 29.0. The lowest BCUT2D eigenvalue weighted by atomic mass is 9.87. The minimum absolute atomic E-state index is 0.265. The molecule has 9 atom stereocenters. The summed E-state index contributed by atoms with van der Waals surface area (Å²) in [7, 11) is 0. The van der Waals surface area contributed by atoms with E-state index in [1.807, 2.05) is 0 Å². The highest BCUT2D eigenvalue weighted by molar-refractivity contribution is 4.96. The summed E-state index contributed by atoms with van der Waals surface area (Å²) < 4.78 is 11.2. The molecule has 1 heterocycles. The van der Waals surface area contributed by atoms with Gasteiger partial charge in [0.05, 0.1) is 37.0 Å². The lowest BCUT2D eigenvalue weighted by molar-refractivity contribution is -0.260. The van der Waals surface area contributed by atoms with Crippen molar-refractivity contribution in [3.05, 3.63) is 0 Å². The van der Waals surface area contributed by atoms with Gasteiger partial charge in [-0.1, -0.05) is 0 Å². The van der Waals surface area contributed by atoms with Crippen molar-refractivity contribution in [3.63, 3.8) is 0 Å². The van der Waals surface area contributed by atoms with Crippen LogP contribution in [0.2, 0.25) is 0 Å². The molecular weight excluding hydrogens is 280 g/mol. The molecule has 0 aromatic rings. The van der Waals surface area contributed by atoms with Gasteiger partial charge in [-0.05, 0) is 6.42 Å². The van der Waals surface area contributed by atoms with Crippen LogP contribution in [0.3, 0.4) is 0 Å². The van der Waals surface area contributed by atoms with Gasteiger partial charge in [0.15, 0.2) is 6.29 Å². The second kappa shape index (κ2) is 6.82. The lowest BCUT2D eigenvalue weighted by Gasteiger charge is -2.44. The van der Waals surface area contributed by atoms with Crippen molar-refractivity contribution in [1.29, 1.82) is 0 Å².